The third kappa shape index (κ3) is 3.02. The van der Waals surface area contributed by atoms with Crippen LogP contribution in [0.2, 0.25) is 0 Å². The topological polar surface area (TPSA) is 42.7 Å². The molecule has 1 N–H and O–H groups in total. The highest BCUT2D eigenvalue weighted by molar-refractivity contribution is 4.91. The molecule has 84 valence electrons. The molecule has 0 aromatic carbocycles. The molecule has 0 atom stereocenters. The summed E-state index contributed by atoms with van der Waals surface area (Å²) in [4.78, 5) is 0. The predicted octanol–water partition coefficient (Wildman–Crippen LogP) is 1.58. The molecule has 1 fully saturated rings. The third-order valence-electron chi connectivity index (χ3n) is 2.99. The summed E-state index contributed by atoms with van der Waals surface area (Å²) in [5.74, 6) is 0.850. The summed E-state index contributed by atoms with van der Waals surface area (Å²) in [5.41, 5.74) is 1.06. The van der Waals surface area contributed by atoms with E-state index in [4.69, 9.17) is 0 Å². The molecule has 0 spiro atoms. The molecule has 1 saturated carbocycles. The Labute approximate surface area is 91.1 Å². The summed E-state index contributed by atoms with van der Waals surface area (Å²) >= 11 is 0. The van der Waals surface area contributed by atoms with Crippen molar-refractivity contribution in [2.75, 3.05) is 6.54 Å². The zero-order valence-electron chi connectivity index (χ0n) is 9.45. The molecule has 1 aliphatic rings. The van der Waals surface area contributed by atoms with Gasteiger partial charge in [-0.15, -0.1) is 5.10 Å². The second kappa shape index (κ2) is 5.26. The lowest BCUT2D eigenvalue weighted by atomic mass is 9.85. The molecule has 1 aromatic rings. The van der Waals surface area contributed by atoms with E-state index in [1.807, 2.05) is 4.68 Å². The fourth-order valence-corrected chi connectivity index (χ4v) is 1.84. The Hall–Kier alpha value is -0.900. The van der Waals surface area contributed by atoms with Gasteiger partial charge >= 0.3 is 0 Å². The van der Waals surface area contributed by atoms with Crippen LogP contribution in [0.5, 0.6) is 0 Å². The lowest BCUT2D eigenvalue weighted by Crippen LogP contribution is -2.18. The van der Waals surface area contributed by atoms with Crippen molar-refractivity contribution in [2.45, 2.75) is 45.7 Å². The highest BCUT2D eigenvalue weighted by Gasteiger charge is 2.18. The van der Waals surface area contributed by atoms with Crippen molar-refractivity contribution in [3.8, 4) is 0 Å². The van der Waals surface area contributed by atoms with Crippen molar-refractivity contribution in [2.24, 2.45) is 5.92 Å². The van der Waals surface area contributed by atoms with Gasteiger partial charge in [-0.05, 0) is 31.7 Å². The molecule has 4 nitrogen and oxygen atoms in total. The van der Waals surface area contributed by atoms with Crippen molar-refractivity contribution in [3.05, 3.63) is 11.9 Å². The van der Waals surface area contributed by atoms with Gasteiger partial charge in [0.2, 0.25) is 0 Å². The number of rotatable bonds is 6. The molecule has 15 heavy (non-hydrogen) atoms. The van der Waals surface area contributed by atoms with Gasteiger partial charge in [0.15, 0.2) is 0 Å². The van der Waals surface area contributed by atoms with E-state index in [2.05, 4.69) is 28.7 Å². The number of aromatic nitrogens is 3. The Morgan fingerprint density at radius 2 is 2.40 bits per heavy atom. The zero-order chi connectivity index (χ0) is 10.5. The summed E-state index contributed by atoms with van der Waals surface area (Å²) < 4.78 is 1.99. The van der Waals surface area contributed by atoms with Crippen molar-refractivity contribution < 1.29 is 0 Å². The van der Waals surface area contributed by atoms with Crippen molar-refractivity contribution in [1.82, 2.24) is 20.3 Å². The molecule has 0 unspecified atom stereocenters. The summed E-state index contributed by atoms with van der Waals surface area (Å²) in [6.45, 7) is 5.12. The van der Waals surface area contributed by atoms with Gasteiger partial charge in [0, 0.05) is 19.3 Å². The number of nitrogens with zero attached hydrogens (tertiary/aromatic N) is 3. The first-order valence-corrected chi connectivity index (χ1v) is 5.98. The fraction of sp³-hybridized carbons (Fsp3) is 0.818. The maximum Gasteiger partial charge on any atom is 0.0964 e. The van der Waals surface area contributed by atoms with Crippen LogP contribution in [-0.2, 0) is 13.1 Å². The molecule has 0 saturated heterocycles. The Morgan fingerprint density at radius 1 is 1.53 bits per heavy atom. The molecular weight excluding hydrogens is 188 g/mol. The Bertz CT molecular complexity index is 291. The van der Waals surface area contributed by atoms with Crippen LogP contribution in [0, 0.1) is 5.92 Å². The summed E-state index contributed by atoms with van der Waals surface area (Å²) in [7, 11) is 0. The molecule has 4 heteroatoms. The number of nitrogens with one attached hydrogen (secondary N) is 1. The van der Waals surface area contributed by atoms with Crippen LogP contribution in [0.15, 0.2) is 6.20 Å². The van der Waals surface area contributed by atoms with E-state index in [0.717, 1.165) is 37.7 Å². The first-order valence-electron chi connectivity index (χ1n) is 5.98. The minimum Gasteiger partial charge on any atom is -0.311 e. The average molecular weight is 208 g/mol. The quantitative estimate of drug-likeness (QED) is 0.722. The Kier molecular flexibility index (Phi) is 3.72. The molecular formula is C11H20N4. The van der Waals surface area contributed by atoms with E-state index in [0.29, 0.717) is 0 Å². The largest absolute Gasteiger partial charge is 0.311 e. The number of hydrogen-bond acceptors (Lipinski definition) is 3. The van der Waals surface area contributed by atoms with Crippen LogP contribution in [0.4, 0.5) is 0 Å². The highest BCUT2D eigenvalue weighted by atomic mass is 15.4. The second-order valence-electron chi connectivity index (χ2n) is 4.41. The first-order chi connectivity index (χ1) is 7.38. The Morgan fingerprint density at radius 3 is 3.07 bits per heavy atom. The standard InChI is InChI=1S/C11H20N4/c1-2-6-12-7-11-9-15(14-13-11)8-10-4-3-5-10/h9-10,12H,2-8H2,1H3. The SMILES string of the molecule is CCCNCc1cn(CC2CCC2)nn1. The van der Waals surface area contributed by atoms with Crippen molar-refractivity contribution in [1.29, 1.82) is 0 Å². The van der Waals surface area contributed by atoms with E-state index < -0.39 is 0 Å². The lowest BCUT2D eigenvalue weighted by Gasteiger charge is -2.24. The second-order valence-corrected chi connectivity index (χ2v) is 4.41. The average Bonchev–Trinajstić information content (AvgIpc) is 2.60. The van der Waals surface area contributed by atoms with Crippen molar-refractivity contribution >= 4 is 0 Å². The van der Waals surface area contributed by atoms with Crippen LogP contribution in [0.1, 0.15) is 38.3 Å². The minimum atomic E-state index is 0.846. The summed E-state index contributed by atoms with van der Waals surface area (Å²) in [6.07, 6.45) is 7.36. The van der Waals surface area contributed by atoms with Crippen molar-refractivity contribution in [3.63, 3.8) is 0 Å². The summed E-state index contributed by atoms with van der Waals surface area (Å²) in [5, 5.41) is 11.6. The normalized spacial score (nSPS) is 16.6. The van der Waals surface area contributed by atoms with Gasteiger partial charge in [-0.3, -0.25) is 4.68 Å². The molecule has 0 amide bonds. The molecule has 1 aromatic heterocycles. The predicted molar refractivity (Wildman–Crippen MR) is 59.4 cm³/mol. The van der Waals surface area contributed by atoms with Crippen LogP contribution < -0.4 is 5.32 Å². The van der Waals surface area contributed by atoms with E-state index >= 15 is 0 Å². The van der Waals surface area contributed by atoms with Gasteiger partial charge in [-0.25, -0.2) is 0 Å². The van der Waals surface area contributed by atoms with Gasteiger partial charge in [0.25, 0.3) is 0 Å². The fourth-order valence-electron chi connectivity index (χ4n) is 1.84. The Balaban J connectivity index is 1.75. The van der Waals surface area contributed by atoms with Crippen LogP contribution in [-0.4, -0.2) is 21.5 Å². The van der Waals surface area contributed by atoms with Crippen LogP contribution in [0.3, 0.4) is 0 Å². The maximum atomic E-state index is 4.15. The van der Waals surface area contributed by atoms with E-state index in [-0.39, 0.29) is 0 Å². The maximum absolute atomic E-state index is 4.15. The molecule has 2 rings (SSSR count). The smallest absolute Gasteiger partial charge is 0.0964 e. The molecule has 1 aliphatic carbocycles. The van der Waals surface area contributed by atoms with E-state index in [1.165, 1.54) is 19.3 Å². The summed E-state index contributed by atoms with van der Waals surface area (Å²) in [6, 6.07) is 0. The van der Waals surface area contributed by atoms with Gasteiger partial charge in [-0.1, -0.05) is 18.6 Å². The third-order valence-corrected chi connectivity index (χ3v) is 2.99. The van der Waals surface area contributed by atoms with Gasteiger partial charge in [0.05, 0.1) is 5.69 Å². The van der Waals surface area contributed by atoms with E-state index in [1.54, 1.807) is 0 Å². The molecule has 0 radical (unpaired) electrons. The molecule has 0 bridgehead atoms. The molecule has 0 aliphatic heterocycles. The van der Waals surface area contributed by atoms with Crippen LogP contribution in [0.25, 0.3) is 0 Å². The van der Waals surface area contributed by atoms with Gasteiger partial charge < -0.3 is 5.32 Å². The van der Waals surface area contributed by atoms with E-state index in [9.17, 15) is 0 Å². The van der Waals surface area contributed by atoms with Gasteiger partial charge in [0.1, 0.15) is 0 Å². The monoisotopic (exact) mass is 208 g/mol. The zero-order valence-corrected chi connectivity index (χ0v) is 9.45. The lowest BCUT2D eigenvalue weighted by molar-refractivity contribution is 0.264. The highest BCUT2D eigenvalue weighted by Crippen LogP contribution is 2.27. The molecule has 1 heterocycles. The van der Waals surface area contributed by atoms with Gasteiger partial charge in [-0.2, -0.15) is 0 Å². The minimum absolute atomic E-state index is 0.846. The van der Waals surface area contributed by atoms with Crippen LogP contribution >= 0.6 is 0 Å². The first kappa shape index (κ1) is 10.6. The number of hydrogen-bond donors (Lipinski definition) is 1.